The van der Waals surface area contributed by atoms with Crippen LogP contribution in [0.15, 0.2) is 21.2 Å². The molecular formula is C16H23N5O3. The first-order valence-corrected chi connectivity index (χ1v) is 8.06. The number of carbonyl (C=O) groups excluding carboxylic acids is 1. The number of nitrogens with zero attached hydrogens (tertiary/aromatic N) is 4. The van der Waals surface area contributed by atoms with Crippen molar-refractivity contribution in [1.29, 1.82) is 0 Å². The largest absolute Gasteiger partial charge is 0.445 e. The van der Waals surface area contributed by atoms with Crippen LogP contribution < -0.4 is 5.32 Å². The second kappa shape index (κ2) is 7.14. The van der Waals surface area contributed by atoms with E-state index in [9.17, 15) is 4.79 Å². The van der Waals surface area contributed by atoms with Crippen molar-refractivity contribution in [3.63, 3.8) is 0 Å². The molecule has 0 aromatic carbocycles. The zero-order chi connectivity index (χ0) is 17.1. The minimum absolute atomic E-state index is 0.0741. The smallest absolute Gasteiger partial charge is 0.239 e. The summed E-state index contributed by atoms with van der Waals surface area (Å²) < 4.78 is 10.5. The van der Waals surface area contributed by atoms with Gasteiger partial charge in [0.05, 0.1) is 19.3 Å². The molecule has 3 rings (SSSR count). The van der Waals surface area contributed by atoms with E-state index in [2.05, 4.69) is 32.3 Å². The summed E-state index contributed by atoms with van der Waals surface area (Å²) >= 11 is 0. The number of hydrogen-bond acceptors (Lipinski definition) is 7. The average molecular weight is 333 g/mol. The Labute approximate surface area is 140 Å². The minimum Gasteiger partial charge on any atom is -0.445 e. The molecule has 24 heavy (non-hydrogen) atoms. The first-order valence-electron chi connectivity index (χ1n) is 8.06. The fourth-order valence-corrected chi connectivity index (χ4v) is 2.94. The topological polar surface area (TPSA) is 87.6 Å². The first-order chi connectivity index (χ1) is 11.5. The summed E-state index contributed by atoms with van der Waals surface area (Å²) in [5.41, 5.74) is 0. The van der Waals surface area contributed by atoms with Crippen molar-refractivity contribution < 1.29 is 13.7 Å². The highest BCUT2D eigenvalue weighted by atomic mass is 16.5. The Morgan fingerprint density at radius 3 is 2.96 bits per heavy atom. The third kappa shape index (κ3) is 4.21. The lowest BCUT2D eigenvalue weighted by Crippen LogP contribution is -2.37. The molecule has 130 valence electrons. The number of oxazole rings is 1. The van der Waals surface area contributed by atoms with E-state index in [1.54, 1.807) is 19.2 Å². The highest BCUT2D eigenvalue weighted by Crippen LogP contribution is 2.17. The van der Waals surface area contributed by atoms with Gasteiger partial charge in [-0.2, -0.15) is 0 Å². The van der Waals surface area contributed by atoms with Crippen molar-refractivity contribution in [2.75, 3.05) is 32.0 Å². The van der Waals surface area contributed by atoms with E-state index in [-0.39, 0.29) is 5.91 Å². The Balaban J connectivity index is 1.45. The summed E-state index contributed by atoms with van der Waals surface area (Å²) in [6.45, 7) is 6.46. The molecule has 1 fully saturated rings. The van der Waals surface area contributed by atoms with Crippen LogP contribution in [0, 0.1) is 13.8 Å². The fraction of sp³-hybridized carbons (Fsp3) is 0.562. The van der Waals surface area contributed by atoms with Gasteiger partial charge in [-0.05, 0) is 27.3 Å². The summed E-state index contributed by atoms with van der Waals surface area (Å²) in [5.74, 6) is 2.62. The van der Waals surface area contributed by atoms with Gasteiger partial charge in [0.2, 0.25) is 11.8 Å². The molecule has 0 spiro atoms. The summed E-state index contributed by atoms with van der Waals surface area (Å²) in [4.78, 5) is 20.7. The summed E-state index contributed by atoms with van der Waals surface area (Å²) in [6, 6.07) is 2.09. The van der Waals surface area contributed by atoms with Gasteiger partial charge in [0.15, 0.2) is 5.82 Å². The molecule has 0 unspecified atom stereocenters. The Morgan fingerprint density at radius 2 is 2.29 bits per heavy atom. The van der Waals surface area contributed by atoms with E-state index in [0.717, 1.165) is 31.2 Å². The molecule has 1 saturated heterocycles. The predicted octanol–water partition coefficient (Wildman–Crippen LogP) is 1.42. The Morgan fingerprint density at radius 1 is 1.46 bits per heavy atom. The third-order valence-corrected chi connectivity index (χ3v) is 4.19. The number of likely N-dealkylation sites (N-methyl/N-ethyl adjacent to an activating group) is 1. The predicted molar refractivity (Wildman–Crippen MR) is 87.4 cm³/mol. The van der Waals surface area contributed by atoms with Crippen LogP contribution in [0.4, 0.5) is 5.82 Å². The average Bonchev–Trinajstić information content (AvgIpc) is 3.22. The summed E-state index contributed by atoms with van der Waals surface area (Å²) in [7, 11) is 2.06. The van der Waals surface area contributed by atoms with Gasteiger partial charge in [-0.15, -0.1) is 0 Å². The van der Waals surface area contributed by atoms with E-state index in [0.29, 0.717) is 30.7 Å². The number of nitrogens with one attached hydrogen (secondary N) is 1. The third-order valence-electron chi connectivity index (χ3n) is 4.19. The molecule has 1 atom stereocenters. The van der Waals surface area contributed by atoms with Gasteiger partial charge >= 0.3 is 0 Å². The van der Waals surface area contributed by atoms with Gasteiger partial charge < -0.3 is 14.3 Å². The van der Waals surface area contributed by atoms with Gasteiger partial charge in [-0.25, -0.2) is 4.98 Å². The zero-order valence-corrected chi connectivity index (χ0v) is 14.3. The number of anilines is 1. The van der Waals surface area contributed by atoms with Gasteiger partial charge in [0.25, 0.3) is 0 Å². The maximum atomic E-state index is 12.1. The molecule has 8 heteroatoms. The maximum absolute atomic E-state index is 12.1. The standard InChI is InChI=1S/C16H23N5O3/c1-11-6-14(19-24-11)18-15(22)9-21-5-4-13(8-21)20(3)10-16-17-7-12(2)23-16/h6-7,13H,4-5,8-10H2,1-3H3,(H,18,19,22)/t13-/m1/s1. The van der Waals surface area contributed by atoms with E-state index in [1.165, 1.54) is 0 Å². The number of aryl methyl sites for hydroxylation is 2. The molecule has 8 nitrogen and oxygen atoms in total. The number of rotatable bonds is 6. The van der Waals surface area contributed by atoms with Crippen LogP contribution in [0.5, 0.6) is 0 Å². The number of hydrogen-bond donors (Lipinski definition) is 1. The van der Waals surface area contributed by atoms with Crippen LogP contribution in [0.25, 0.3) is 0 Å². The van der Waals surface area contributed by atoms with Crippen LogP contribution in [0.2, 0.25) is 0 Å². The van der Waals surface area contributed by atoms with E-state index >= 15 is 0 Å². The number of amides is 1. The van der Waals surface area contributed by atoms with Crippen LogP contribution >= 0.6 is 0 Å². The fourth-order valence-electron chi connectivity index (χ4n) is 2.94. The quantitative estimate of drug-likeness (QED) is 0.855. The SMILES string of the molecule is Cc1cc(NC(=O)CN2CC[C@@H](N(C)Cc3ncc(C)o3)C2)no1. The highest BCUT2D eigenvalue weighted by molar-refractivity contribution is 5.91. The van der Waals surface area contributed by atoms with E-state index in [4.69, 9.17) is 8.94 Å². The second-order valence-electron chi connectivity index (χ2n) is 6.33. The molecule has 1 aliphatic heterocycles. The molecule has 1 amide bonds. The van der Waals surface area contributed by atoms with Crippen molar-refractivity contribution in [3.8, 4) is 0 Å². The Kier molecular flexibility index (Phi) is 4.96. The van der Waals surface area contributed by atoms with E-state index in [1.807, 2.05) is 6.92 Å². The zero-order valence-electron chi connectivity index (χ0n) is 14.3. The molecule has 2 aromatic heterocycles. The second-order valence-corrected chi connectivity index (χ2v) is 6.33. The molecule has 3 heterocycles. The van der Waals surface area contributed by atoms with Crippen LogP contribution in [-0.2, 0) is 11.3 Å². The lowest BCUT2D eigenvalue weighted by atomic mass is 10.2. The summed E-state index contributed by atoms with van der Waals surface area (Å²) in [6.07, 6.45) is 2.76. The monoisotopic (exact) mass is 333 g/mol. The van der Waals surface area contributed by atoms with Crippen molar-refractivity contribution in [2.24, 2.45) is 0 Å². The van der Waals surface area contributed by atoms with Crippen molar-refractivity contribution >= 4 is 11.7 Å². The molecule has 1 aliphatic rings. The summed E-state index contributed by atoms with van der Waals surface area (Å²) in [5, 5.41) is 6.52. The Bertz CT molecular complexity index is 695. The highest BCUT2D eigenvalue weighted by Gasteiger charge is 2.27. The van der Waals surface area contributed by atoms with Gasteiger partial charge in [-0.1, -0.05) is 5.16 Å². The normalized spacial score (nSPS) is 18.4. The van der Waals surface area contributed by atoms with Gasteiger partial charge in [0, 0.05) is 25.2 Å². The van der Waals surface area contributed by atoms with Crippen molar-refractivity contribution in [2.45, 2.75) is 32.9 Å². The van der Waals surface area contributed by atoms with Crippen LogP contribution in [-0.4, -0.2) is 58.6 Å². The first kappa shape index (κ1) is 16.7. The van der Waals surface area contributed by atoms with E-state index < -0.39 is 0 Å². The number of aromatic nitrogens is 2. The molecule has 0 bridgehead atoms. The number of carbonyl (C=O) groups is 1. The minimum atomic E-state index is -0.0741. The van der Waals surface area contributed by atoms with Crippen LogP contribution in [0.3, 0.4) is 0 Å². The van der Waals surface area contributed by atoms with Gasteiger partial charge in [-0.3, -0.25) is 14.6 Å². The van der Waals surface area contributed by atoms with Crippen molar-refractivity contribution in [3.05, 3.63) is 29.7 Å². The molecule has 2 aromatic rings. The lowest BCUT2D eigenvalue weighted by Gasteiger charge is -2.23. The van der Waals surface area contributed by atoms with Crippen molar-refractivity contribution in [1.82, 2.24) is 19.9 Å². The molecule has 1 N–H and O–H groups in total. The Hall–Kier alpha value is -2.19. The van der Waals surface area contributed by atoms with Gasteiger partial charge in [0.1, 0.15) is 11.5 Å². The number of likely N-dealkylation sites (tertiary alicyclic amines) is 1. The molecule has 0 saturated carbocycles. The molecule has 0 radical (unpaired) electrons. The maximum Gasteiger partial charge on any atom is 0.239 e. The molecule has 0 aliphatic carbocycles. The lowest BCUT2D eigenvalue weighted by molar-refractivity contribution is -0.117. The van der Waals surface area contributed by atoms with Crippen LogP contribution in [0.1, 0.15) is 23.8 Å². The molecular weight excluding hydrogens is 310 g/mol.